The SMILES string of the molecule is Cc1nc(Cn2c(=S)[nH]c3c(C)cccc32)oc1C. The molecule has 4 nitrogen and oxygen atoms in total. The zero-order valence-corrected chi connectivity index (χ0v) is 12.0. The molecular weight excluding hydrogens is 258 g/mol. The van der Waals surface area contributed by atoms with Crippen LogP contribution in [0.4, 0.5) is 0 Å². The van der Waals surface area contributed by atoms with Crippen LogP contribution in [0.1, 0.15) is 22.9 Å². The van der Waals surface area contributed by atoms with E-state index in [1.807, 2.05) is 24.5 Å². The van der Waals surface area contributed by atoms with E-state index < -0.39 is 0 Å². The lowest BCUT2D eigenvalue weighted by atomic mass is 10.2. The normalized spacial score (nSPS) is 11.3. The van der Waals surface area contributed by atoms with Crippen LogP contribution >= 0.6 is 12.2 Å². The molecule has 0 unspecified atom stereocenters. The average molecular weight is 273 g/mol. The van der Waals surface area contributed by atoms with Gasteiger partial charge in [-0.25, -0.2) is 4.98 Å². The van der Waals surface area contributed by atoms with E-state index in [2.05, 4.69) is 29.0 Å². The highest BCUT2D eigenvalue weighted by atomic mass is 32.1. The molecule has 0 aliphatic heterocycles. The van der Waals surface area contributed by atoms with Crippen LogP contribution in [0.15, 0.2) is 22.6 Å². The van der Waals surface area contributed by atoms with E-state index >= 15 is 0 Å². The molecule has 0 aliphatic carbocycles. The summed E-state index contributed by atoms with van der Waals surface area (Å²) in [4.78, 5) is 7.65. The van der Waals surface area contributed by atoms with Crippen molar-refractivity contribution in [2.45, 2.75) is 27.3 Å². The van der Waals surface area contributed by atoms with Gasteiger partial charge in [-0.05, 0) is 44.6 Å². The Bertz CT molecular complexity index is 790. The van der Waals surface area contributed by atoms with Gasteiger partial charge in [-0.2, -0.15) is 0 Å². The van der Waals surface area contributed by atoms with Crippen LogP contribution < -0.4 is 0 Å². The summed E-state index contributed by atoms with van der Waals surface area (Å²) in [6.07, 6.45) is 0. The maximum atomic E-state index is 5.63. The molecule has 98 valence electrons. The monoisotopic (exact) mass is 273 g/mol. The number of imidazole rings is 1. The van der Waals surface area contributed by atoms with Gasteiger partial charge in [0.15, 0.2) is 4.77 Å². The first kappa shape index (κ1) is 12.2. The number of hydrogen-bond donors (Lipinski definition) is 1. The third-order valence-electron chi connectivity index (χ3n) is 3.38. The summed E-state index contributed by atoms with van der Waals surface area (Å²) in [7, 11) is 0. The number of aromatic amines is 1. The summed E-state index contributed by atoms with van der Waals surface area (Å²) >= 11 is 5.39. The number of oxazole rings is 1. The minimum atomic E-state index is 0.553. The molecule has 3 aromatic rings. The Morgan fingerprint density at radius 1 is 1.32 bits per heavy atom. The Balaban J connectivity index is 2.13. The highest BCUT2D eigenvalue weighted by Crippen LogP contribution is 2.19. The highest BCUT2D eigenvalue weighted by Gasteiger charge is 2.10. The molecule has 0 radical (unpaired) electrons. The number of fused-ring (bicyclic) bond motifs is 1. The van der Waals surface area contributed by atoms with E-state index in [1.54, 1.807) is 0 Å². The van der Waals surface area contributed by atoms with Crippen LogP contribution in [0.5, 0.6) is 0 Å². The first-order valence-corrected chi connectivity index (χ1v) is 6.58. The lowest BCUT2D eigenvalue weighted by Gasteiger charge is -2.01. The zero-order chi connectivity index (χ0) is 13.6. The molecule has 5 heteroatoms. The van der Waals surface area contributed by atoms with Crippen molar-refractivity contribution in [3.05, 3.63) is 45.9 Å². The number of aromatic nitrogens is 3. The van der Waals surface area contributed by atoms with E-state index in [4.69, 9.17) is 16.6 Å². The van der Waals surface area contributed by atoms with E-state index in [0.29, 0.717) is 17.2 Å². The van der Waals surface area contributed by atoms with Gasteiger partial charge in [0.2, 0.25) is 5.89 Å². The fraction of sp³-hybridized carbons (Fsp3) is 0.286. The molecular formula is C14H15N3OS. The Kier molecular flexibility index (Phi) is 2.78. The Hall–Kier alpha value is -1.88. The first-order valence-electron chi connectivity index (χ1n) is 6.17. The molecule has 0 saturated heterocycles. The van der Waals surface area contributed by atoms with Crippen LogP contribution in [0.25, 0.3) is 11.0 Å². The maximum Gasteiger partial charge on any atom is 0.214 e. The number of para-hydroxylation sites is 1. The number of hydrogen-bond acceptors (Lipinski definition) is 3. The van der Waals surface area contributed by atoms with Crippen LogP contribution in [0, 0.1) is 25.5 Å². The second-order valence-electron chi connectivity index (χ2n) is 4.73. The summed E-state index contributed by atoms with van der Waals surface area (Å²) in [5.41, 5.74) is 4.27. The van der Waals surface area contributed by atoms with Crippen LogP contribution in [-0.4, -0.2) is 14.5 Å². The van der Waals surface area contributed by atoms with Crippen molar-refractivity contribution in [1.29, 1.82) is 0 Å². The van der Waals surface area contributed by atoms with E-state index in [1.165, 1.54) is 5.56 Å². The Morgan fingerprint density at radius 2 is 2.11 bits per heavy atom. The minimum absolute atomic E-state index is 0.553. The Morgan fingerprint density at radius 3 is 2.79 bits per heavy atom. The number of H-pyrrole nitrogens is 1. The Labute approximate surface area is 116 Å². The minimum Gasteiger partial charge on any atom is -0.444 e. The predicted molar refractivity (Wildman–Crippen MR) is 76.9 cm³/mol. The third-order valence-corrected chi connectivity index (χ3v) is 3.71. The molecule has 1 N–H and O–H groups in total. The van der Waals surface area contributed by atoms with Crippen LogP contribution in [-0.2, 0) is 6.54 Å². The largest absolute Gasteiger partial charge is 0.444 e. The van der Waals surface area contributed by atoms with Crippen molar-refractivity contribution in [2.24, 2.45) is 0 Å². The average Bonchev–Trinajstić information content (AvgIpc) is 2.84. The summed E-state index contributed by atoms with van der Waals surface area (Å²) in [5, 5.41) is 0. The van der Waals surface area contributed by atoms with Crippen molar-refractivity contribution < 1.29 is 4.42 Å². The second kappa shape index (κ2) is 4.35. The van der Waals surface area contributed by atoms with Crippen LogP contribution in [0.3, 0.4) is 0 Å². The lowest BCUT2D eigenvalue weighted by molar-refractivity contribution is 0.458. The number of rotatable bonds is 2. The molecule has 2 aromatic heterocycles. The number of nitrogens with one attached hydrogen (secondary N) is 1. The summed E-state index contributed by atoms with van der Waals surface area (Å²) in [5.74, 6) is 1.55. The fourth-order valence-electron chi connectivity index (χ4n) is 2.22. The quantitative estimate of drug-likeness (QED) is 0.725. The van der Waals surface area contributed by atoms with E-state index in [-0.39, 0.29) is 0 Å². The summed E-state index contributed by atoms with van der Waals surface area (Å²) in [6, 6.07) is 6.15. The molecule has 3 rings (SSSR count). The van der Waals surface area contributed by atoms with Gasteiger partial charge in [-0.3, -0.25) is 0 Å². The van der Waals surface area contributed by atoms with Crippen molar-refractivity contribution in [3.63, 3.8) is 0 Å². The molecule has 0 aliphatic rings. The standard InChI is InChI=1S/C14H15N3OS/c1-8-5-4-6-11-13(8)16-14(19)17(11)7-12-15-9(2)10(3)18-12/h4-6H,7H2,1-3H3,(H,16,19). The van der Waals surface area contributed by atoms with Gasteiger partial charge < -0.3 is 14.0 Å². The van der Waals surface area contributed by atoms with Crippen molar-refractivity contribution >= 4 is 23.3 Å². The molecule has 0 saturated carbocycles. The summed E-state index contributed by atoms with van der Waals surface area (Å²) in [6.45, 7) is 6.49. The van der Waals surface area contributed by atoms with Gasteiger partial charge in [0.25, 0.3) is 0 Å². The molecule has 0 bridgehead atoms. The van der Waals surface area contributed by atoms with Gasteiger partial charge in [0.05, 0.1) is 16.7 Å². The van der Waals surface area contributed by atoms with Gasteiger partial charge in [0, 0.05) is 0 Å². The second-order valence-corrected chi connectivity index (χ2v) is 5.12. The van der Waals surface area contributed by atoms with Crippen LogP contribution in [0.2, 0.25) is 0 Å². The van der Waals surface area contributed by atoms with Crippen molar-refractivity contribution in [1.82, 2.24) is 14.5 Å². The third kappa shape index (κ3) is 2.00. The zero-order valence-electron chi connectivity index (χ0n) is 11.2. The van der Waals surface area contributed by atoms with E-state index in [0.717, 1.165) is 22.5 Å². The molecule has 0 amide bonds. The van der Waals surface area contributed by atoms with Gasteiger partial charge >= 0.3 is 0 Å². The number of aryl methyl sites for hydroxylation is 3. The lowest BCUT2D eigenvalue weighted by Crippen LogP contribution is -2.00. The summed E-state index contributed by atoms with van der Waals surface area (Å²) < 4.78 is 8.34. The number of benzene rings is 1. The molecule has 2 heterocycles. The molecule has 0 fully saturated rings. The first-order chi connectivity index (χ1) is 9.06. The fourth-order valence-corrected chi connectivity index (χ4v) is 2.49. The number of nitrogens with zero attached hydrogens (tertiary/aromatic N) is 2. The topological polar surface area (TPSA) is 46.8 Å². The predicted octanol–water partition coefficient (Wildman–Crippen LogP) is 3.66. The molecule has 0 atom stereocenters. The van der Waals surface area contributed by atoms with Gasteiger partial charge in [-0.15, -0.1) is 0 Å². The highest BCUT2D eigenvalue weighted by molar-refractivity contribution is 7.71. The molecule has 0 spiro atoms. The molecule has 1 aromatic carbocycles. The van der Waals surface area contributed by atoms with Crippen molar-refractivity contribution in [2.75, 3.05) is 0 Å². The van der Waals surface area contributed by atoms with Crippen molar-refractivity contribution in [3.8, 4) is 0 Å². The van der Waals surface area contributed by atoms with Gasteiger partial charge in [-0.1, -0.05) is 12.1 Å². The smallest absolute Gasteiger partial charge is 0.214 e. The maximum absolute atomic E-state index is 5.63. The van der Waals surface area contributed by atoms with Gasteiger partial charge in [0.1, 0.15) is 12.3 Å². The van der Waals surface area contributed by atoms with E-state index in [9.17, 15) is 0 Å². The molecule has 19 heavy (non-hydrogen) atoms.